The molecule has 0 aliphatic carbocycles. The minimum Gasteiger partial charge on any atom is -0.481 e. The van der Waals surface area contributed by atoms with E-state index in [9.17, 15) is 9.59 Å². The van der Waals surface area contributed by atoms with Gasteiger partial charge in [-0.15, -0.1) is 0 Å². The van der Waals surface area contributed by atoms with Crippen molar-refractivity contribution in [3.05, 3.63) is 59.2 Å². The first-order valence-electron chi connectivity index (χ1n) is 9.56. The average Bonchev–Trinajstić information content (AvgIpc) is 2.64. The molecule has 0 radical (unpaired) electrons. The molecule has 0 aliphatic rings. The highest BCUT2D eigenvalue weighted by Gasteiger charge is 2.21. The quantitative estimate of drug-likeness (QED) is 0.777. The van der Waals surface area contributed by atoms with Gasteiger partial charge in [-0.25, -0.2) is 0 Å². The van der Waals surface area contributed by atoms with Crippen molar-refractivity contribution >= 4 is 17.5 Å². The molecule has 2 aromatic rings. The topological polar surface area (TPSA) is 58.6 Å². The summed E-state index contributed by atoms with van der Waals surface area (Å²) in [6.45, 7) is 9.83. The van der Waals surface area contributed by atoms with E-state index in [2.05, 4.69) is 19.2 Å². The van der Waals surface area contributed by atoms with Crippen LogP contribution in [-0.2, 0) is 9.59 Å². The van der Waals surface area contributed by atoms with Gasteiger partial charge in [0.15, 0.2) is 6.10 Å². The van der Waals surface area contributed by atoms with Gasteiger partial charge in [0.05, 0.1) is 6.54 Å². The van der Waals surface area contributed by atoms with E-state index >= 15 is 0 Å². The summed E-state index contributed by atoms with van der Waals surface area (Å²) in [6.07, 6.45) is -0.680. The van der Waals surface area contributed by atoms with E-state index in [1.807, 2.05) is 56.3 Å². The second kappa shape index (κ2) is 9.40. The number of ether oxygens (including phenoxy) is 1. The maximum atomic E-state index is 12.6. The fraction of sp³-hybridized carbons (Fsp3) is 0.391. The van der Waals surface area contributed by atoms with Crippen molar-refractivity contribution in [1.82, 2.24) is 4.90 Å². The van der Waals surface area contributed by atoms with Gasteiger partial charge in [-0.2, -0.15) is 0 Å². The van der Waals surface area contributed by atoms with E-state index in [1.165, 1.54) is 4.90 Å². The number of anilines is 1. The number of rotatable bonds is 7. The number of benzene rings is 2. The minimum absolute atomic E-state index is 0.0358. The van der Waals surface area contributed by atoms with Gasteiger partial charge >= 0.3 is 0 Å². The molecule has 5 nitrogen and oxygen atoms in total. The first kappa shape index (κ1) is 21.5. The molecule has 1 unspecified atom stereocenters. The molecule has 2 aromatic carbocycles. The SMILES string of the molecule is Cc1cccc(NC(=O)CN(C)C(=O)C(C)Oc2cccc(C(C)C)c2)c1C. The lowest BCUT2D eigenvalue weighted by Crippen LogP contribution is -2.42. The molecule has 5 heteroatoms. The lowest BCUT2D eigenvalue weighted by atomic mass is 10.0. The number of carbonyl (C=O) groups is 2. The fourth-order valence-corrected chi connectivity index (χ4v) is 2.88. The summed E-state index contributed by atoms with van der Waals surface area (Å²) < 4.78 is 5.80. The number of likely N-dealkylation sites (N-methyl/N-ethyl adjacent to an activating group) is 1. The van der Waals surface area contributed by atoms with Crippen LogP contribution in [0.25, 0.3) is 0 Å². The molecule has 1 atom stereocenters. The first-order valence-corrected chi connectivity index (χ1v) is 9.56. The third kappa shape index (κ3) is 5.59. The smallest absolute Gasteiger partial charge is 0.263 e. The van der Waals surface area contributed by atoms with Crippen LogP contribution in [0.4, 0.5) is 5.69 Å². The number of hydrogen-bond acceptors (Lipinski definition) is 3. The molecular weight excluding hydrogens is 352 g/mol. The zero-order chi connectivity index (χ0) is 20.8. The predicted octanol–water partition coefficient (Wildman–Crippen LogP) is 4.29. The molecule has 0 saturated heterocycles. The Balaban J connectivity index is 1.94. The van der Waals surface area contributed by atoms with Crippen molar-refractivity contribution in [2.45, 2.75) is 46.6 Å². The summed E-state index contributed by atoms with van der Waals surface area (Å²) >= 11 is 0. The molecule has 0 heterocycles. The van der Waals surface area contributed by atoms with Gasteiger partial charge < -0.3 is 15.0 Å². The monoisotopic (exact) mass is 382 g/mol. The normalized spacial score (nSPS) is 11.8. The van der Waals surface area contributed by atoms with Crippen LogP contribution in [0.15, 0.2) is 42.5 Å². The standard InChI is InChI=1S/C23H30N2O3/c1-15(2)19-10-8-11-20(13-19)28-18(5)23(27)25(6)14-22(26)24-21-12-7-9-16(3)17(21)4/h7-13,15,18H,14H2,1-6H3,(H,24,26). The lowest BCUT2D eigenvalue weighted by molar-refractivity contribution is -0.139. The molecule has 28 heavy (non-hydrogen) atoms. The summed E-state index contributed by atoms with van der Waals surface area (Å²) in [6, 6.07) is 13.5. The molecule has 0 aliphatic heterocycles. The summed E-state index contributed by atoms with van der Waals surface area (Å²) in [5, 5.41) is 2.87. The minimum atomic E-state index is -0.680. The maximum Gasteiger partial charge on any atom is 0.263 e. The molecule has 0 saturated carbocycles. The van der Waals surface area contributed by atoms with Crippen LogP contribution in [0.1, 0.15) is 43.4 Å². The van der Waals surface area contributed by atoms with E-state index in [4.69, 9.17) is 4.74 Å². The Morgan fingerprint density at radius 3 is 2.43 bits per heavy atom. The highest BCUT2D eigenvalue weighted by molar-refractivity contribution is 5.95. The largest absolute Gasteiger partial charge is 0.481 e. The Hall–Kier alpha value is -2.82. The van der Waals surface area contributed by atoms with Crippen LogP contribution in [-0.4, -0.2) is 36.4 Å². The van der Waals surface area contributed by atoms with E-state index in [0.29, 0.717) is 11.7 Å². The molecule has 0 bridgehead atoms. The molecular formula is C23H30N2O3. The molecule has 1 N–H and O–H groups in total. The Kier molecular flexibility index (Phi) is 7.21. The Morgan fingerprint density at radius 2 is 1.75 bits per heavy atom. The van der Waals surface area contributed by atoms with Crippen molar-refractivity contribution in [1.29, 1.82) is 0 Å². The number of carbonyl (C=O) groups excluding carboxylic acids is 2. The fourth-order valence-electron chi connectivity index (χ4n) is 2.88. The van der Waals surface area contributed by atoms with Crippen molar-refractivity contribution in [2.24, 2.45) is 0 Å². The number of amides is 2. The predicted molar refractivity (Wildman–Crippen MR) is 113 cm³/mol. The lowest BCUT2D eigenvalue weighted by Gasteiger charge is -2.22. The van der Waals surface area contributed by atoms with Crippen LogP contribution < -0.4 is 10.1 Å². The number of nitrogens with one attached hydrogen (secondary N) is 1. The van der Waals surface area contributed by atoms with Crippen molar-refractivity contribution in [2.75, 3.05) is 18.9 Å². The number of nitrogens with zero attached hydrogens (tertiary/aromatic N) is 1. The summed E-state index contributed by atoms with van der Waals surface area (Å²) in [5.41, 5.74) is 4.04. The van der Waals surface area contributed by atoms with E-state index < -0.39 is 6.10 Å². The molecule has 150 valence electrons. The van der Waals surface area contributed by atoms with Crippen LogP contribution in [0.3, 0.4) is 0 Å². The Labute approximate surface area is 167 Å². The summed E-state index contributed by atoms with van der Waals surface area (Å²) in [7, 11) is 1.61. The molecule has 2 rings (SSSR count). The first-order chi connectivity index (χ1) is 13.2. The highest BCUT2D eigenvalue weighted by atomic mass is 16.5. The van der Waals surface area contributed by atoms with Crippen LogP contribution >= 0.6 is 0 Å². The van der Waals surface area contributed by atoms with Crippen molar-refractivity contribution in [3.8, 4) is 5.75 Å². The third-order valence-corrected chi connectivity index (χ3v) is 4.82. The summed E-state index contributed by atoms with van der Waals surface area (Å²) in [4.78, 5) is 26.3. The van der Waals surface area contributed by atoms with Gasteiger partial charge in [0.2, 0.25) is 5.91 Å². The van der Waals surface area contributed by atoms with Gasteiger partial charge in [0.1, 0.15) is 5.75 Å². The number of hydrogen-bond donors (Lipinski definition) is 1. The zero-order valence-corrected chi connectivity index (χ0v) is 17.6. The van der Waals surface area contributed by atoms with E-state index in [1.54, 1.807) is 14.0 Å². The highest BCUT2D eigenvalue weighted by Crippen LogP contribution is 2.21. The van der Waals surface area contributed by atoms with E-state index in [-0.39, 0.29) is 18.4 Å². The Morgan fingerprint density at radius 1 is 1.07 bits per heavy atom. The van der Waals surface area contributed by atoms with Crippen LogP contribution in [0.5, 0.6) is 5.75 Å². The molecule has 0 aromatic heterocycles. The average molecular weight is 383 g/mol. The zero-order valence-electron chi connectivity index (χ0n) is 17.6. The van der Waals surface area contributed by atoms with Gasteiger partial charge in [0.25, 0.3) is 5.91 Å². The van der Waals surface area contributed by atoms with Crippen LogP contribution in [0.2, 0.25) is 0 Å². The second-order valence-electron chi connectivity index (χ2n) is 7.48. The van der Waals surface area contributed by atoms with Crippen LogP contribution in [0, 0.1) is 13.8 Å². The molecule has 2 amide bonds. The van der Waals surface area contributed by atoms with Gasteiger partial charge in [0, 0.05) is 12.7 Å². The van der Waals surface area contributed by atoms with Gasteiger partial charge in [-0.1, -0.05) is 38.1 Å². The summed E-state index contributed by atoms with van der Waals surface area (Å²) in [5.74, 6) is 0.552. The molecule has 0 fully saturated rings. The van der Waals surface area contributed by atoms with Crippen molar-refractivity contribution < 1.29 is 14.3 Å². The third-order valence-electron chi connectivity index (χ3n) is 4.82. The van der Waals surface area contributed by atoms with Crippen molar-refractivity contribution in [3.63, 3.8) is 0 Å². The van der Waals surface area contributed by atoms with Gasteiger partial charge in [-0.05, 0) is 61.6 Å². The maximum absolute atomic E-state index is 12.6. The van der Waals surface area contributed by atoms with Gasteiger partial charge in [-0.3, -0.25) is 9.59 Å². The Bertz CT molecular complexity index is 845. The second-order valence-corrected chi connectivity index (χ2v) is 7.48. The number of aryl methyl sites for hydroxylation is 1. The van der Waals surface area contributed by atoms with E-state index in [0.717, 1.165) is 22.4 Å². The molecule has 0 spiro atoms.